The van der Waals surface area contributed by atoms with Crippen LogP contribution in [0, 0.1) is 5.92 Å². The lowest BCUT2D eigenvalue weighted by molar-refractivity contribution is -0.133. The van der Waals surface area contributed by atoms with E-state index in [1.54, 1.807) is 10.4 Å². The minimum Gasteiger partial charge on any atom is -0.343 e. The quantitative estimate of drug-likeness (QED) is 0.791. The van der Waals surface area contributed by atoms with E-state index in [0.29, 0.717) is 11.9 Å². The smallest absolute Gasteiger partial charge is 0.222 e. The van der Waals surface area contributed by atoms with Crippen LogP contribution < -0.4 is 0 Å². The van der Waals surface area contributed by atoms with E-state index in [1.165, 1.54) is 45.1 Å². The Labute approximate surface area is 156 Å². The molecule has 0 unspecified atom stereocenters. The molecule has 1 aromatic rings. The summed E-state index contributed by atoms with van der Waals surface area (Å²) in [5, 5.41) is 2.24. The summed E-state index contributed by atoms with van der Waals surface area (Å²) >= 11 is 1.92. The van der Waals surface area contributed by atoms with Crippen molar-refractivity contribution >= 4 is 17.2 Å². The van der Waals surface area contributed by atoms with Gasteiger partial charge in [0, 0.05) is 43.5 Å². The summed E-state index contributed by atoms with van der Waals surface area (Å²) in [6.45, 7) is 4.27. The standard InChI is InChI=1S/C21H32N2OS/c24-21(7-6-17-4-2-1-3-5-17)22-12-8-19(9-13-22)23-14-10-20-18(16-23)11-15-25-20/h11,15,17,19H,1-10,12-14,16H2. The first-order chi connectivity index (χ1) is 12.3. The van der Waals surface area contributed by atoms with Crippen LogP contribution in [0.25, 0.3) is 0 Å². The molecule has 1 saturated carbocycles. The van der Waals surface area contributed by atoms with Gasteiger partial charge in [-0.3, -0.25) is 9.69 Å². The molecule has 0 radical (unpaired) electrons. The van der Waals surface area contributed by atoms with E-state index in [0.717, 1.165) is 51.2 Å². The maximum Gasteiger partial charge on any atom is 0.222 e. The molecule has 25 heavy (non-hydrogen) atoms. The summed E-state index contributed by atoms with van der Waals surface area (Å²) in [6.07, 6.45) is 12.3. The minimum atomic E-state index is 0.419. The number of amides is 1. The molecule has 1 amide bonds. The van der Waals surface area contributed by atoms with Crippen LogP contribution in [0.3, 0.4) is 0 Å². The summed E-state index contributed by atoms with van der Waals surface area (Å²) in [6, 6.07) is 2.98. The summed E-state index contributed by atoms with van der Waals surface area (Å²) in [4.78, 5) is 19.0. The van der Waals surface area contributed by atoms with Gasteiger partial charge in [0.05, 0.1) is 0 Å². The normalized spacial score (nSPS) is 23.6. The molecule has 0 aromatic carbocycles. The van der Waals surface area contributed by atoms with Crippen LogP contribution in [0.4, 0.5) is 0 Å². The van der Waals surface area contributed by atoms with E-state index in [2.05, 4.69) is 21.2 Å². The monoisotopic (exact) mass is 360 g/mol. The number of nitrogens with zero attached hydrogens (tertiary/aromatic N) is 2. The van der Waals surface area contributed by atoms with Gasteiger partial charge in [0.25, 0.3) is 0 Å². The van der Waals surface area contributed by atoms with Crippen LogP contribution in [-0.4, -0.2) is 41.4 Å². The van der Waals surface area contributed by atoms with Crippen LogP contribution in [0.2, 0.25) is 0 Å². The second kappa shape index (κ2) is 8.22. The topological polar surface area (TPSA) is 23.6 Å². The SMILES string of the molecule is O=C(CCC1CCCCC1)N1CCC(N2CCc3sccc3C2)CC1. The lowest BCUT2D eigenvalue weighted by Gasteiger charge is -2.40. The number of hydrogen-bond acceptors (Lipinski definition) is 3. The fourth-order valence-electron chi connectivity index (χ4n) is 5.02. The molecule has 1 aliphatic carbocycles. The molecular formula is C21H32N2OS. The Morgan fingerprint density at radius 3 is 2.68 bits per heavy atom. The molecule has 4 rings (SSSR count). The van der Waals surface area contributed by atoms with Gasteiger partial charge < -0.3 is 4.90 Å². The van der Waals surface area contributed by atoms with Gasteiger partial charge in [-0.15, -0.1) is 11.3 Å². The molecule has 2 aliphatic heterocycles. The number of piperidine rings is 1. The highest BCUT2D eigenvalue weighted by Gasteiger charge is 2.29. The predicted octanol–water partition coefficient (Wildman–Crippen LogP) is 4.46. The Hall–Kier alpha value is -0.870. The number of rotatable bonds is 4. The molecule has 3 aliphatic rings. The molecule has 0 atom stereocenters. The molecule has 1 aromatic heterocycles. The zero-order chi connectivity index (χ0) is 17.1. The Balaban J connectivity index is 1.21. The van der Waals surface area contributed by atoms with Crippen LogP contribution in [0.1, 0.15) is 68.2 Å². The lowest BCUT2D eigenvalue weighted by Crippen LogP contribution is -2.47. The van der Waals surface area contributed by atoms with Crippen LogP contribution >= 0.6 is 11.3 Å². The van der Waals surface area contributed by atoms with Gasteiger partial charge in [-0.2, -0.15) is 0 Å². The fourth-order valence-corrected chi connectivity index (χ4v) is 5.91. The number of fused-ring (bicyclic) bond motifs is 1. The van der Waals surface area contributed by atoms with Crippen LogP contribution in [0.5, 0.6) is 0 Å². The molecule has 1 saturated heterocycles. The van der Waals surface area contributed by atoms with Crippen molar-refractivity contribution in [3.8, 4) is 0 Å². The fraction of sp³-hybridized carbons (Fsp3) is 0.762. The Morgan fingerprint density at radius 1 is 1.08 bits per heavy atom. The van der Waals surface area contributed by atoms with E-state index >= 15 is 0 Å². The van der Waals surface area contributed by atoms with Crippen molar-refractivity contribution in [2.45, 2.75) is 76.8 Å². The lowest BCUT2D eigenvalue weighted by atomic mass is 9.86. The van der Waals surface area contributed by atoms with Gasteiger partial charge in [-0.1, -0.05) is 32.1 Å². The molecule has 0 bridgehead atoms. The molecule has 0 spiro atoms. The van der Waals surface area contributed by atoms with E-state index in [9.17, 15) is 4.79 Å². The highest BCUT2D eigenvalue weighted by molar-refractivity contribution is 7.10. The number of hydrogen-bond donors (Lipinski definition) is 0. The number of carbonyl (C=O) groups excluding carboxylic acids is 1. The molecule has 138 valence electrons. The minimum absolute atomic E-state index is 0.419. The molecule has 0 N–H and O–H groups in total. The van der Waals surface area contributed by atoms with Gasteiger partial charge >= 0.3 is 0 Å². The summed E-state index contributed by atoms with van der Waals surface area (Å²) in [5.74, 6) is 1.24. The Morgan fingerprint density at radius 2 is 1.88 bits per heavy atom. The van der Waals surface area contributed by atoms with Gasteiger partial charge in [0.1, 0.15) is 0 Å². The molecular weight excluding hydrogens is 328 g/mol. The van der Waals surface area contributed by atoms with Gasteiger partial charge in [0.15, 0.2) is 0 Å². The third-order valence-electron chi connectivity index (χ3n) is 6.66. The zero-order valence-corrected chi connectivity index (χ0v) is 16.2. The van der Waals surface area contributed by atoms with Gasteiger partial charge in [-0.05, 0) is 48.6 Å². The number of carbonyl (C=O) groups is 1. The third kappa shape index (κ3) is 4.28. The van der Waals surface area contributed by atoms with Crippen molar-refractivity contribution in [3.05, 3.63) is 21.9 Å². The Bertz CT molecular complexity index is 570. The van der Waals surface area contributed by atoms with Crippen molar-refractivity contribution in [1.82, 2.24) is 9.80 Å². The van der Waals surface area contributed by atoms with E-state index in [-0.39, 0.29) is 0 Å². The average Bonchev–Trinajstić information content (AvgIpc) is 3.15. The molecule has 3 nitrogen and oxygen atoms in total. The summed E-state index contributed by atoms with van der Waals surface area (Å²) in [7, 11) is 0. The summed E-state index contributed by atoms with van der Waals surface area (Å²) in [5.41, 5.74) is 1.54. The zero-order valence-electron chi connectivity index (χ0n) is 15.4. The first kappa shape index (κ1) is 17.5. The van der Waals surface area contributed by atoms with E-state index < -0.39 is 0 Å². The first-order valence-electron chi connectivity index (χ1n) is 10.4. The largest absolute Gasteiger partial charge is 0.343 e. The maximum atomic E-state index is 12.6. The van der Waals surface area contributed by atoms with Crippen LogP contribution in [-0.2, 0) is 17.8 Å². The predicted molar refractivity (Wildman–Crippen MR) is 104 cm³/mol. The molecule has 2 fully saturated rings. The van der Waals surface area contributed by atoms with E-state index in [4.69, 9.17) is 0 Å². The van der Waals surface area contributed by atoms with Crippen LogP contribution in [0.15, 0.2) is 11.4 Å². The highest BCUT2D eigenvalue weighted by Crippen LogP contribution is 2.29. The van der Waals surface area contributed by atoms with Gasteiger partial charge in [0.2, 0.25) is 5.91 Å². The van der Waals surface area contributed by atoms with Crippen molar-refractivity contribution in [1.29, 1.82) is 0 Å². The number of likely N-dealkylation sites (tertiary alicyclic amines) is 1. The van der Waals surface area contributed by atoms with Crippen molar-refractivity contribution in [3.63, 3.8) is 0 Å². The Kier molecular flexibility index (Phi) is 5.76. The summed E-state index contributed by atoms with van der Waals surface area (Å²) < 4.78 is 0. The van der Waals surface area contributed by atoms with E-state index in [1.807, 2.05) is 11.3 Å². The van der Waals surface area contributed by atoms with Gasteiger partial charge in [-0.25, -0.2) is 0 Å². The molecule has 3 heterocycles. The maximum absolute atomic E-state index is 12.6. The second-order valence-electron chi connectivity index (χ2n) is 8.24. The molecule has 4 heteroatoms. The number of thiophene rings is 1. The first-order valence-corrected chi connectivity index (χ1v) is 11.2. The third-order valence-corrected chi connectivity index (χ3v) is 7.68. The van der Waals surface area contributed by atoms with Crippen molar-refractivity contribution in [2.75, 3.05) is 19.6 Å². The second-order valence-corrected chi connectivity index (χ2v) is 9.24. The van der Waals surface area contributed by atoms with Crippen molar-refractivity contribution < 1.29 is 4.79 Å². The average molecular weight is 361 g/mol. The van der Waals surface area contributed by atoms with Crippen molar-refractivity contribution in [2.24, 2.45) is 5.92 Å². The highest BCUT2D eigenvalue weighted by atomic mass is 32.1.